The first kappa shape index (κ1) is 16.3. The zero-order valence-corrected chi connectivity index (χ0v) is 14.0. The molecule has 0 amide bonds. The van der Waals surface area contributed by atoms with Gasteiger partial charge in [-0.3, -0.25) is 4.68 Å². The van der Waals surface area contributed by atoms with E-state index < -0.39 is 0 Å². The molecule has 1 aromatic carbocycles. The Balaban J connectivity index is 1.84. The van der Waals surface area contributed by atoms with Crippen LogP contribution in [0, 0.1) is 11.3 Å². The van der Waals surface area contributed by atoms with Crippen LogP contribution in [0.15, 0.2) is 42.7 Å². The molecule has 0 saturated carbocycles. The standard InChI is InChI=1S/C18H18N6O/c1-3-25-18-15(9-19)16(20)8-17(23-18)22-14-6-4-12(5-7-14)13-10-21-24(2)11-13/h4-8,10-11H,3H2,1-2H3,(H3,20,22,23). The summed E-state index contributed by atoms with van der Waals surface area (Å²) in [5.74, 6) is 0.758. The molecule has 3 aromatic rings. The number of anilines is 3. The van der Waals surface area contributed by atoms with Gasteiger partial charge in [0.05, 0.1) is 18.5 Å². The lowest BCUT2D eigenvalue weighted by atomic mass is 10.1. The van der Waals surface area contributed by atoms with Crippen molar-refractivity contribution in [2.75, 3.05) is 17.7 Å². The Morgan fingerprint density at radius 2 is 2.04 bits per heavy atom. The highest BCUT2D eigenvalue weighted by Gasteiger charge is 2.12. The summed E-state index contributed by atoms with van der Waals surface area (Å²) in [6.07, 6.45) is 3.78. The quantitative estimate of drug-likeness (QED) is 0.743. The van der Waals surface area contributed by atoms with E-state index in [2.05, 4.69) is 15.4 Å². The Bertz CT molecular complexity index is 924. The van der Waals surface area contributed by atoms with Gasteiger partial charge in [0.25, 0.3) is 0 Å². The van der Waals surface area contributed by atoms with Crippen LogP contribution in [0.2, 0.25) is 0 Å². The number of nitrogens with one attached hydrogen (secondary N) is 1. The molecule has 3 rings (SSSR count). The second-order valence-corrected chi connectivity index (χ2v) is 5.43. The number of nitrogens with two attached hydrogens (primary N) is 1. The molecular weight excluding hydrogens is 316 g/mol. The Labute approximate surface area is 145 Å². The Hall–Kier alpha value is -3.53. The van der Waals surface area contributed by atoms with E-state index in [1.165, 1.54) is 0 Å². The second-order valence-electron chi connectivity index (χ2n) is 5.43. The molecule has 0 saturated heterocycles. The highest BCUT2D eigenvalue weighted by Crippen LogP contribution is 2.28. The third kappa shape index (κ3) is 3.53. The van der Waals surface area contributed by atoms with Crippen LogP contribution in [0.25, 0.3) is 11.1 Å². The minimum Gasteiger partial charge on any atom is -0.477 e. The maximum Gasteiger partial charge on any atom is 0.235 e. The van der Waals surface area contributed by atoms with Gasteiger partial charge in [-0.05, 0) is 24.6 Å². The van der Waals surface area contributed by atoms with Gasteiger partial charge in [0.1, 0.15) is 17.5 Å². The van der Waals surface area contributed by atoms with Gasteiger partial charge in [-0.15, -0.1) is 0 Å². The van der Waals surface area contributed by atoms with E-state index in [1.807, 2.05) is 56.7 Å². The maximum absolute atomic E-state index is 9.17. The zero-order chi connectivity index (χ0) is 17.8. The van der Waals surface area contributed by atoms with Crippen molar-refractivity contribution in [1.29, 1.82) is 5.26 Å². The van der Waals surface area contributed by atoms with Crippen LogP contribution in [0.4, 0.5) is 17.2 Å². The Morgan fingerprint density at radius 3 is 2.64 bits per heavy atom. The van der Waals surface area contributed by atoms with Crippen molar-refractivity contribution in [3.8, 4) is 23.1 Å². The van der Waals surface area contributed by atoms with Crippen molar-refractivity contribution < 1.29 is 4.74 Å². The van der Waals surface area contributed by atoms with Crippen molar-refractivity contribution in [2.24, 2.45) is 7.05 Å². The van der Waals surface area contributed by atoms with E-state index in [1.54, 1.807) is 10.7 Å². The molecule has 7 heteroatoms. The largest absolute Gasteiger partial charge is 0.477 e. The van der Waals surface area contributed by atoms with E-state index >= 15 is 0 Å². The smallest absolute Gasteiger partial charge is 0.235 e. The predicted molar refractivity (Wildman–Crippen MR) is 96.5 cm³/mol. The minimum absolute atomic E-state index is 0.236. The molecule has 25 heavy (non-hydrogen) atoms. The van der Waals surface area contributed by atoms with Crippen LogP contribution >= 0.6 is 0 Å². The highest BCUT2D eigenvalue weighted by atomic mass is 16.5. The number of nitrogen functional groups attached to an aromatic ring is 1. The summed E-state index contributed by atoms with van der Waals surface area (Å²) in [6, 6.07) is 11.5. The molecule has 0 aliphatic carbocycles. The minimum atomic E-state index is 0.236. The molecule has 0 radical (unpaired) electrons. The molecule has 2 aromatic heterocycles. The van der Waals surface area contributed by atoms with Gasteiger partial charge in [0.15, 0.2) is 0 Å². The molecule has 126 valence electrons. The van der Waals surface area contributed by atoms with Crippen LogP contribution < -0.4 is 15.8 Å². The van der Waals surface area contributed by atoms with Gasteiger partial charge in [-0.25, -0.2) is 0 Å². The van der Waals surface area contributed by atoms with Crippen LogP contribution in [0.5, 0.6) is 5.88 Å². The third-order valence-corrected chi connectivity index (χ3v) is 3.61. The molecule has 2 heterocycles. The van der Waals surface area contributed by atoms with Crippen LogP contribution in [-0.4, -0.2) is 21.4 Å². The summed E-state index contributed by atoms with van der Waals surface area (Å²) in [4.78, 5) is 4.32. The normalized spacial score (nSPS) is 10.3. The van der Waals surface area contributed by atoms with Gasteiger partial charge in [-0.2, -0.15) is 15.3 Å². The van der Waals surface area contributed by atoms with Gasteiger partial charge >= 0.3 is 0 Å². The number of benzene rings is 1. The number of nitriles is 1. The lowest BCUT2D eigenvalue weighted by molar-refractivity contribution is 0.326. The highest BCUT2D eigenvalue weighted by molar-refractivity contribution is 5.70. The fourth-order valence-corrected chi connectivity index (χ4v) is 2.42. The fourth-order valence-electron chi connectivity index (χ4n) is 2.42. The number of hydrogen-bond donors (Lipinski definition) is 2. The van der Waals surface area contributed by atoms with Crippen LogP contribution in [0.3, 0.4) is 0 Å². The Morgan fingerprint density at radius 1 is 1.28 bits per heavy atom. The lowest BCUT2D eigenvalue weighted by Crippen LogP contribution is -2.04. The fraction of sp³-hybridized carbons (Fsp3) is 0.167. The molecule has 0 bridgehead atoms. The first-order chi connectivity index (χ1) is 12.1. The summed E-state index contributed by atoms with van der Waals surface area (Å²) in [7, 11) is 1.89. The molecule has 3 N–H and O–H groups in total. The van der Waals surface area contributed by atoms with E-state index in [9.17, 15) is 0 Å². The van der Waals surface area contributed by atoms with E-state index in [-0.39, 0.29) is 11.4 Å². The van der Waals surface area contributed by atoms with E-state index in [0.29, 0.717) is 18.1 Å². The average Bonchev–Trinajstić information content (AvgIpc) is 3.02. The first-order valence-electron chi connectivity index (χ1n) is 7.80. The number of pyridine rings is 1. The average molecular weight is 334 g/mol. The number of ether oxygens (including phenoxy) is 1. The van der Waals surface area contributed by atoms with Crippen molar-refractivity contribution in [3.05, 3.63) is 48.3 Å². The molecule has 0 atom stereocenters. The first-order valence-corrected chi connectivity index (χ1v) is 7.80. The summed E-state index contributed by atoms with van der Waals surface area (Å²) in [5.41, 5.74) is 9.48. The van der Waals surface area contributed by atoms with Gasteiger partial charge in [0, 0.05) is 30.6 Å². The van der Waals surface area contributed by atoms with Crippen molar-refractivity contribution in [3.63, 3.8) is 0 Å². The summed E-state index contributed by atoms with van der Waals surface area (Å²) < 4.78 is 7.17. The van der Waals surface area contributed by atoms with Crippen LogP contribution in [-0.2, 0) is 7.05 Å². The second kappa shape index (κ2) is 6.93. The molecule has 0 fully saturated rings. The van der Waals surface area contributed by atoms with Crippen molar-refractivity contribution >= 4 is 17.2 Å². The molecule has 0 aliphatic rings. The van der Waals surface area contributed by atoms with Crippen molar-refractivity contribution in [1.82, 2.24) is 14.8 Å². The zero-order valence-electron chi connectivity index (χ0n) is 14.0. The molecule has 7 nitrogen and oxygen atoms in total. The molecule has 0 unspecified atom stereocenters. The number of rotatable bonds is 5. The number of nitrogens with zero attached hydrogens (tertiary/aromatic N) is 4. The third-order valence-electron chi connectivity index (χ3n) is 3.61. The van der Waals surface area contributed by atoms with E-state index in [4.69, 9.17) is 15.7 Å². The van der Waals surface area contributed by atoms with Gasteiger partial charge < -0.3 is 15.8 Å². The number of hydrogen-bond acceptors (Lipinski definition) is 6. The Kier molecular flexibility index (Phi) is 4.53. The SMILES string of the molecule is CCOc1nc(Nc2ccc(-c3cnn(C)c3)cc2)cc(N)c1C#N. The summed E-state index contributed by atoms with van der Waals surface area (Å²) >= 11 is 0. The molecular formula is C18H18N6O. The monoisotopic (exact) mass is 334 g/mol. The predicted octanol–water partition coefficient (Wildman–Crippen LogP) is 3.08. The maximum atomic E-state index is 9.17. The van der Waals surface area contributed by atoms with Crippen LogP contribution in [0.1, 0.15) is 12.5 Å². The topological polar surface area (TPSA) is 102 Å². The molecule has 0 spiro atoms. The van der Waals surface area contributed by atoms with Gasteiger partial charge in [-0.1, -0.05) is 12.1 Å². The number of aromatic nitrogens is 3. The van der Waals surface area contributed by atoms with Crippen molar-refractivity contribution in [2.45, 2.75) is 6.92 Å². The molecule has 0 aliphatic heterocycles. The summed E-state index contributed by atoms with van der Waals surface area (Å²) in [5, 5.41) is 16.5. The lowest BCUT2D eigenvalue weighted by Gasteiger charge is -2.11. The van der Waals surface area contributed by atoms with Gasteiger partial charge in [0.2, 0.25) is 5.88 Å². The number of aryl methyl sites for hydroxylation is 1. The van der Waals surface area contributed by atoms with E-state index in [0.717, 1.165) is 16.8 Å². The summed E-state index contributed by atoms with van der Waals surface area (Å²) in [6.45, 7) is 2.24.